The number of carboxylic acids is 1. The van der Waals surface area contributed by atoms with E-state index in [0.29, 0.717) is 17.6 Å². The van der Waals surface area contributed by atoms with E-state index in [0.717, 1.165) is 0 Å². The number of nitrogen functional groups attached to an aromatic ring is 1. The van der Waals surface area contributed by atoms with Gasteiger partial charge in [-0.1, -0.05) is 0 Å². The fraction of sp³-hybridized carbons (Fsp3) is 0.611. The van der Waals surface area contributed by atoms with E-state index in [1.165, 1.54) is 12.7 Å². The van der Waals surface area contributed by atoms with Crippen molar-refractivity contribution >= 4 is 28.9 Å². The molecule has 0 saturated heterocycles. The first-order valence-electron chi connectivity index (χ1n) is 9.50. The second kappa shape index (κ2) is 8.29. The number of nitrogens with two attached hydrogens (primary N) is 1. The second-order valence-electron chi connectivity index (χ2n) is 7.60. The molecule has 5 N–H and O–H groups in total. The average Bonchev–Trinajstić information content (AvgIpc) is 3.07. The van der Waals surface area contributed by atoms with Gasteiger partial charge in [0.15, 0.2) is 11.5 Å². The summed E-state index contributed by atoms with van der Waals surface area (Å²) in [4.78, 5) is 36.6. The summed E-state index contributed by atoms with van der Waals surface area (Å²) >= 11 is 0. The molecular formula is C18H26N6O5. The highest BCUT2D eigenvalue weighted by molar-refractivity contribution is 5.81. The van der Waals surface area contributed by atoms with Crippen molar-refractivity contribution in [1.82, 2.24) is 24.4 Å². The van der Waals surface area contributed by atoms with Crippen LogP contribution in [0, 0.1) is 0 Å². The Kier molecular flexibility index (Phi) is 5.99. The number of rotatable bonds is 7. The molecule has 1 saturated carbocycles. The molecule has 0 unspecified atom stereocenters. The van der Waals surface area contributed by atoms with Gasteiger partial charge in [-0.15, -0.1) is 0 Å². The molecule has 29 heavy (non-hydrogen) atoms. The first-order chi connectivity index (χ1) is 13.7. The fourth-order valence-electron chi connectivity index (χ4n) is 3.79. The van der Waals surface area contributed by atoms with Crippen LogP contribution in [-0.4, -0.2) is 76.4 Å². The van der Waals surface area contributed by atoms with Crippen molar-refractivity contribution in [3.63, 3.8) is 0 Å². The Morgan fingerprint density at radius 2 is 2.10 bits per heavy atom. The lowest BCUT2D eigenvalue weighted by Gasteiger charge is -2.43. The first-order valence-corrected chi connectivity index (χ1v) is 9.50. The number of aliphatic hydroxyl groups is 2. The van der Waals surface area contributed by atoms with Gasteiger partial charge in [-0.3, -0.25) is 9.59 Å². The van der Waals surface area contributed by atoms with E-state index in [4.69, 9.17) is 10.8 Å². The lowest BCUT2D eigenvalue weighted by molar-refractivity contribution is -0.143. The Balaban J connectivity index is 1.63. The number of imidazole rings is 1. The van der Waals surface area contributed by atoms with E-state index >= 15 is 0 Å². The van der Waals surface area contributed by atoms with Crippen LogP contribution in [0.3, 0.4) is 0 Å². The highest BCUT2D eigenvalue weighted by Gasteiger charge is 2.43. The number of anilines is 1. The second-order valence-corrected chi connectivity index (χ2v) is 7.60. The van der Waals surface area contributed by atoms with E-state index in [1.54, 1.807) is 16.5 Å². The van der Waals surface area contributed by atoms with Gasteiger partial charge in [-0.05, 0) is 25.7 Å². The summed E-state index contributed by atoms with van der Waals surface area (Å²) in [7, 11) is 1.65. The summed E-state index contributed by atoms with van der Waals surface area (Å²) in [5.74, 6) is -0.854. The van der Waals surface area contributed by atoms with Crippen LogP contribution >= 0.6 is 0 Å². The zero-order chi connectivity index (χ0) is 21.2. The fourth-order valence-corrected chi connectivity index (χ4v) is 3.79. The first kappa shape index (κ1) is 20.9. The number of amides is 1. The zero-order valence-electron chi connectivity index (χ0n) is 16.2. The lowest BCUT2D eigenvalue weighted by Crippen LogP contribution is -2.54. The van der Waals surface area contributed by atoms with Gasteiger partial charge in [-0.25, -0.2) is 15.0 Å². The molecule has 0 radical (unpaired) electrons. The molecule has 158 valence electrons. The van der Waals surface area contributed by atoms with Gasteiger partial charge in [0.25, 0.3) is 0 Å². The van der Waals surface area contributed by atoms with E-state index < -0.39 is 17.7 Å². The Morgan fingerprint density at radius 3 is 2.79 bits per heavy atom. The number of hydrogen-bond acceptors (Lipinski definition) is 8. The quantitative estimate of drug-likeness (QED) is 0.485. The van der Waals surface area contributed by atoms with Crippen LogP contribution < -0.4 is 5.73 Å². The minimum Gasteiger partial charge on any atom is -0.481 e. The van der Waals surface area contributed by atoms with Crippen LogP contribution in [0.2, 0.25) is 0 Å². The summed E-state index contributed by atoms with van der Waals surface area (Å²) < 4.78 is 1.64. The van der Waals surface area contributed by atoms with Gasteiger partial charge in [-0.2, -0.15) is 0 Å². The molecule has 2 heterocycles. The predicted molar refractivity (Wildman–Crippen MR) is 103 cm³/mol. The van der Waals surface area contributed by atoms with Crippen molar-refractivity contribution in [3.8, 4) is 0 Å². The smallest absolute Gasteiger partial charge is 0.303 e. The summed E-state index contributed by atoms with van der Waals surface area (Å²) in [5, 5.41) is 30.4. The normalized spacial score (nSPS) is 24.5. The van der Waals surface area contributed by atoms with E-state index in [-0.39, 0.29) is 56.4 Å². The van der Waals surface area contributed by atoms with Crippen molar-refractivity contribution in [3.05, 3.63) is 12.7 Å². The van der Waals surface area contributed by atoms with Crippen LogP contribution in [0.4, 0.5) is 5.82 Å². The highest BCUT2D eigenvalue weighted by atomic mass is 16.4. The molecule has 2 aromatic heterocycles. The molecule has 3 rings (SSSR count). The third-order valence-electron chi connectivity index (χ3n) is 5.62. The van der Waals surface area contributed by atoms with Crippen LogP contribution in [0.1, 0.15) is 38.5 Å². The molecular weight excluding hydrogens is 380 g/mol. The molecule has 0 aliphatic heterocycles. The van der Waals surface area contributed by atoms with Gasteiger partial charge in [0.05, 0.1) is 19.0 Å². The molecule has 1 amide bonds. The van der Waals surface area contributed by atoms with Gasteiger partial charge >= 0.3 is 5.97 Å². The Hall–Kier alpha value is -2.79. The molecule has 11 nitrogen and oxygen atoms in total. The number of carboxylic acid groups (broad SMARTS) is 1. The maximum absolute atomic E-state index is 12.3. The maximum atomic E-state index is 12.3. The largest absolute Gasteiger partial charge is 0.481 e. The minimum atomic E-state index is -1.39. The molecule has 1 fully saturated rings. The monoisotopic (exact) mass is 406 g/mol. The zero-order valence-corrected chi connectivity index (χ0v) is 16.2. The SMILES string of the molecule is CN(C(=O)CCCC(=O)O)[C@H]1CC[C@@](O)(Cn2cnc3c(N)ncnc32)[C@H](O)C1. The summed E-state index contributed by atoms with van der Waals surface area (Å²) in [5.41, 5.74) is 5.31. The lowest BCUT2D eigenvalue weighted by atomic mass is 9.79. The van der Waals surface area contributed by atoms with Crippen molar-refractivity contribution in [2.75, 3.05) is 12.8 Å². The predicted octanol–water partition coefficient (Wildman–Crippen LogP) is -0.234. The third-order valence-corrected chi connectivity index (χ3v) is 5.62. The van der Waals surface area contributed by atoms with Crippen molar-refractivity contribution in [1.29, 1.82) is 0 Å². The molecule has 0 aromatic carbocycles. The molecule has 3 atom stereocenters. The van der Waals surface area contributed by atoms with Gasteiger partial charge < -0.3 is 30.5 Å². The summed E-state index contributed by atoms with van der Waals surface area (Å²) in [6.07, 6.45) is 3.15. The van der Waals surface area contributed by atoms with E-state index in [2.05, 4.69) is 15.0 Å². The number of fused-ring (bicyclic) bond motifs is 1. The summed E-state index contributed by atoms with van der Waals surface area (Å²) in [6, 6.07) is -0.222. The van der Waals surface area contributed by atoms with Crippen molar-refractivity contribution in [2.45, 2.75) is 62.8 Å². The molecule has 0 bridgehead atoms. The molecule has 1 aliphatic carbocycles. The Bertz CT molecular complexity index is 902. The number of aliphatic carboxylic acids is 1. The van der Waals surface area contributed by atoms with E-state index in [1.807, 2.05) is 0 Å². The van der Waals surface area contributed by atoms with Gasteiger partial charge in [0.1, 0.15) is 17.4 Å². The number of carbonyl (C=O) groups excluding carboxylic acids is 1. The number of aliphatic hydroxyl groups excluding tert-OH is 1. The Morgan fingerprint density at radius 1 is 1.34 bits per heavy atom. The van der Waals surface area contributed by atoms with Crippen LogP contribution in [0.15, 0.2) is 12.7 Å². The third kappa shape index (κ3) is 4.46. The molecule has 0 spiro atoms. The van der Waals surface area contributed by atoms with Crippen LogP contribution in [0.5, 0.6) is 0 Å². The van der Waals surface area contributed by atoms with E-state index in [9.17, 15) is 19.8 Å². The number of nitrogens with zero attached hydrogens (tertiary/aromatic N) is 5. The topological polar surface area (TPSA) is 168 Å². The molecule has 1 aliphatic rings. The maximum Gasteiger partial charge on any atom is 0.303 e. The molecule has 11 heteroatoms. The number of hydrogen-bond donors (Lipinski definition) is 4. The average molecular weight is 406 g/mol. The van der Waals surface area contributed by atoms with Crippen molar-refractivity contribution < 1.29 is 24.9 Å². The number of carbonyl (C=O) groups is 2. The molecule has 2 aromatic rings. The minimum absolute atomic E-state index is 0.0560. The van der Waals surface area contributed by atoms with Gasteiger partial charge in [0.2, 0.25) is 5.91 Å². The number of aromatic nitrogens is 4. The van der Waals surface area contributed by atoms with Crippen molar-refractivity contribution in [2.24, 2.45) is 0 Å². The van der Waals surface area contributed by atoms with Gasteiger partial charge in [0, 0.05) is 25.9 Å². The van der Waals surface area contributed by atoms with Crippen LogP contribution in [-0.2, 0) is 16.1 Å². The Labute approximate surface area is 167 Å². The highest BCUT2D eigenvalue weighted by Crippen LogP contribution is 2.33. The standard InChI is InChI=1S/C18H26N6O5/c1-23(13(26)3-2-4-14(27)28)11-5-6-18(29,12(25)7-11)8-24-10-22-15-16(19)20-9-21-17(15)24/h9-12,25,29H,2-8H2,1H3,(H,27,28)(H2,19,20,21)/t11-,12+,18+/m0/s1. The summed E-state index contributed by atoms with van der Waals surface area (Å²) in [6.45, 7) is 0.0874. The van der Waals surface area contributed by atoms with Crippen LogP contribution in [0.25, 0.3) is 11.2 Å².